The number of nitrogens with two attached hydrogens (primary N) is 1. The van der Waals surface area contributed by atoms with Crippen molar-refractivity contribution in [3.8, 4) is 11.5 Å². The highest BCUT2D eigenvalue weighted by molar-refractivity contribution is 5.96. The molecule has 2 aromatic heterocycles. The van der Waals surface area contributed by atoms with Gasteiger partial charge in [0.25, 0.3) is 5.89 Å². The van der Waals surface area contributed by atoms with Crippen LogP contribution in [0, 0.1) is 0 Å². The first kappa shape index (κ1) is 18.9. The lowest BCUT2D eigenvalue weighted by molar-refractivity contribution is 0.0526. The quantitative estimate of drug-likeness (QED) is 0.389. The first-order valence-electron chi connectivity index (χ1n) is 9.80. The Morgan fingerprint density at radius 1 is 1.10 bits per heavy atom. The van der Waals surface area contributed by atoms with Crippen molar-refractivity contribution < 1.29 is 9.25 Å². The zero-order valence-corrected chi connectivity index (χ0v) is 16.4. The topological polar surface area (TPSA) is 103 Å². The van der Waals surface area contributed by atoms with Gasteiger partial charge in [0, 0.05) is 30.4 Å². The van der Waals surface area contributed by atoms with Crippen molar-refractivity contribution in [3.05, 3.63) is 60.1 Å². The number of pyridine rings is 1. The SMILES string of the molecule is C[C@H](O/N=C(\N)c1ccc(N2CCCCC2)nc1)c1nnc(-c2ccccc2)o1. The smallest absolute Gasteiger partial charge is 0.259 e. The van der Waals surface area contributed by atoms with Gasteiger partial charge in [0.05, 0.1) is 0 Å². The van der Waals surface area contributed by atoms with Crippen LogP contribution in [0.2, 0.25) is 0 Å². The molecule has 0 aliphatic carbocycles. The van der Waals surface area contributed by atoms with E-state index in [1.807, 2.05) is 42.5 Å². The molecule has 150 valence electrons. The summed E-state index contributed by atoms with van der Waals surface area (Å²) >= 11 is 0. The van der Waals surface area contributed by atoms with E-state index < -0.39 is 6.10 Å². The molecule has 0 radical (unpaired) electrons. The molecular weight excluding hydrogens is 368 g/mol. The molecule has 3 aromatic rings. The molecule has 1 aliphatic heterocycles. The molecule has 1 saturated heterocycles. The second-order valence-corrected chi connectivity index (χ2v) is 6.99. The Hall–Kier alpha value is -3.42. The van der Waals surface area contributed by atoms with Gasteiger partial charge in [0.15, 0.2) is 5.84 Å². The summed E-state index contributed by atoms with van der Waals surface area (Å²) in [6, 6.07) is 13.4. The Morgan fingerprint density at radius 3 is 2.62 bits per heavy atom. The number of piperidine rings is 1. The molecule has 1 atom stereocenters. The predicted molar refractivity (Wildman–Crippen MR) is 110 cm³/mol. The molecule has 8 nitrogen and oxygen atoms in total. The van der Waals surface area contributed by atoms with E-state index in [9.17, 15) is 0 Å². The summed E-state index contributed by atoms with van der Waals surface area (Å²) in [5.74, 6) is 1.98. The molecule has 8 heteroatoms. The van der Waals surface area contributed by atoms with Gasteiger partial charge in [-0.15, -0.1) is 10.2 Å². The van der Waals surface area contributed by atoms with E-state index in [2.05, 4.69) is 25.2 Å². The normalized spacial score (nSPS) is 15.9. The molecule has 4 rings (SSSR count). The van der Waals surface area contributed by atoms with Crippen LogP contribution in [0.3, 0.4) is 0 Å². The van der Waals surface area contributed by atoms with E-state index >= 15 is 0 Å². The highest BCUT2D eigenvalue weighted by Gasteiger charge is 2.17. The highest BCUT2D eigenvalue weighted by atomic mass is 16.6. The fourth-order valence-electron chi connectivity index (χ4n) is 3.18. The molecule has 0 unspecified atom stereocenters. The molecule has 3 heterocycles. The highest BCUT2D eigenvalue weighted by Crippen LogP contribution is 2.22. The van der Waals surface area contributed by atoms with Crippen molar-refractivity contribution in [2.75, 3.05) is 18.0 Å². The molecule has 0 spiro atoms. The van der Waals surface area contributed by atoms with E-state index in [1.165, 1.54) is 19.3 Å². The number of oxime groups is 1. The molecule has 0 amide bonds. The monoisotopic (exact) mass is 392 g/mol. The number of aromatic nitrogens is 3. The lowest BCUT2D eigenvalue weighted by Crippen LogP contribution is -2.30. The molecule has 2 N–H and O–H groups in total. The van der Waals surface area contributed by atoms with Gasteiger partial charge in [0.2, 0.25) is 12.0 Å². The van der Waals surface area contributed by atoms with E-state index in [4.69, 9.17) is 15.0 Å². The largest absolute Gasteiger partial charge is 0.417 e. The van der Waals surface area contributed by atoms with Crippen LogP contribution in [0.4, 0.5) is 5.82 Å². The van der Waals surface area contributed by atoms with Crippen molar-refractivity contribution >= 4 is 11.7 Å². The molecule has 0 bridgehead atoms. The number of rotatable bonds is 6. The van der Waals surface area contributed by atoms with Crippen LogP contribution in [0.15, 0.2) is 58.2 Å². The summed E-state index contributed by atoms with van der Waals surface area (Å²) in [6.07, 6.45) is 4.90. The lowest BCUT2D eigenvalue weighted by atomic mass is 10.1. The maximum atomic E-state index is 6.05. The Morgan fingerprint density at radius 2 is 1.90 bits per heavy atom. The Bertz CT molecular complexity index is 949. The number of hydrogen-bond acceptors (Lipinski definition) is 7. The maximum Gasteiger partial charge on any atom is 0.259 e. The minimum Gasteiger partial charge on any atom is -0.417 e. The lowest BCUT2D eigenvalue weighted by Gasteiger charge is -2.27. The summed E-state index contributed by atoms with van der Waals surface area (Å²) in [5, 5.41) is 12.1. The Labute approximate surface area is 169 Å². The molecule has 1 fully saturated rings. The Kier molecular flexibility index (Phi) is 5.69. The predicted octanol–water partition coefficient (Wildman–Crippen LogP) is 3.52. The van der Waals surface area contributed by atoms with Crippen LogP contribution in [0.5, 0.6) is 0 Å². The molecule has 1 aromatic carbocycles. The van der Waals surface area contributed by atoms with Crippen molar-refractivity contribution in [2.24, 2.45) is 10.9 Å². The zero-order chi connectivity index (χ0) is 20.1. The summed E-state index contributed by atoms with van der Waals surface area (Å²) in [6.45, 7) is 3.87. The van der Waals surface area contributed by atoms with Crippen LogP contribution >= 0.6 is 0 Å². The van der Waals surface area contributed by atoms with Gasteiger partial charge in [-0.25, -0.2) is 4.98 Å². The second-order valence-electron chi connectivity index (χ2n) is 6.99. The van der Waals surface area contributed by atoms with Crippen LogP contribution in [-0.2, 0) is 4.84 Å². The van der Waals surface area contributed by atoms with Gasteiger partial charge in [-0.05, 0) is 50.5 Å². The fourth-order valence-corrected chi connectivity index (χ4v) is 3.18. The average molecular weight is 392 g/mol. The van der Waals surface area contributed by atoms with E-state index in [-0.39, 0.29) is 5.84 Å². The van der Waals surface area contributed by atoms with Crippen molar-refractivity contribution in [1.29, 1.82) is 0 Å². The van der Waals surface area contributed by atoms with Crippen molar-refractivity contribution in [3.63, 3.8) is 0 Å². The van der Waals surface area contributed by atoms with Crippen LogP contribution < -0.4 is 10.6 Å². The second kappa shape index (κ2) is 8.72. The summed E-state index contributed by atoms with van der Waals surface area (Å²) < 4.78 is 5.68. The first-order valence-corrected chi connectivity index (χ1v) is 9.80. The Balaban J connectivity index is 1.38. The minimum absolute atomic E-state index is 0.248. The minimum atomic E-state index is -0.529. The molecule has 0 saturated carbocycles. The third kappa shape index (κ3) is 4.53. The van der Waals surface area contributed by atoms with Gasteiger partial charge < -0.3 is 19.9 Å². The van der Waals surface area contributed by atoms with Crippen LogP contribution in [0.25, 0.3) is 11.5 Å². The van der Waals surface area contributed by atoms with Gasteiger partial charge in [-0.3, -0.25) is 0 Å². The summed E-state index contributed by atoms with van der Waals surface area (Å²) in [5.41, 5.74) is 7.60. The summed E-state index contributed by atoms with van der Waals surface area (Å²) in [4.78, 5) is 12.3. The molecule has 29 heavy (non-hydrogen) atoms. The first-order chi connectivity index (χ1) is 14.2. The van der Waals surface area contributed by atoms with Gasteiger partial charge in [-0.1, -0.05) is 23.4 Å². The maximum absolute atomic E-state index is 6.05. The van der Waals surface area contributed by atoms with E-state index in [0.29, 0.717) is 17.3 Å². The third-order valence-electron chi connectivity index (χ3n) is 4.84. The number of hydrogen-bond donors (Lipinski definition) is 1. The van der Waals surface area contributed by atoms with Gasteiger partial charge in [-0.2, -0.15) is 0 Å². The van der Waals surface area contributed by atoms with E-state index in [0.717, 1.165) is 24.5 Å². The van der Waals surface area contributed by atoms with E-state index in [1.54, 1.807) is 13.1 Å². The zero-order valence-electron chi connectivity index (χ0n) is 16.4. The van der Waals surface area contributed by atoms with Gasteiger partial charge >= 0.3 is 0 Å². The molecular formula is C21H24N6O2. The van der Waals surface area contributed by atoms with Crippen molar-refractivity contribution in [2.45, 2.75) is 32.3 Å². The number of amidine groups is 1. The number of nitrogens with zero attached hydrogens (tertiary/aromatic N) is 5. The fraction of sp³-hybridized carbons (Fsp3) is 0.333. The van der Waals surface area contributed by atoms with Gasteiger partial charge in [0.1, 0.15) is 5.82 Å². The summed E-state index contributed by atoms with van der Waals surface area (Å²) in [7, 11) is 0. The number of anilines is 1. The van der Waals surface area contributed by atoms with Crippen molar-refractivity contribution in [1.82, 2.24) is 15.2 Å². The standard InChI is InChI=1S/C21H24N6O2/c1-15(20-24-25-21(28-20)16-8-4-2-5-9-16)29-26-19(22)17-10-11-18(23-14-17)27-12-6-3-7-13-27/h2,4-5,8-11,14-15H,3,6-7,12-13H2,1H3,(H2,22,26)/t15-/m0/s1. The van der Waals surface area contributed by atoms with Crippen LogP contribution in [-0.4, -0.2) is 34.1 Å². The molecule has 1 aliphatic rings. The third-order valence-corrected chi connectivity index (χ3v) is 4.84. The van der Waals surface area contributed by atoms with Crippen LogP contribution in [0.1, 0.15) is 43.7 Å². The average Bonchev–Trinajstić information content (AvgIpc) is 3.29. The number of benzene rings is 1.